The minimum absolute atomic E-state index is 0.684. The third kappa shape index (κ3) is 6.61. The van der Waals surface area contributed by atoms with Crippen LogP contribution in [0.1, 0.15) is 0 Å². The van der Waals surface area contributed by atoms with Crippen LogP contribution in [0.2, 0.25) is 0 Å². The average Bonchev–Trinajstić information content (AvgIpc) is 3.94. The van der Waals surface area contributed by atoms with Gasteiger partial charge in [0.15, 0.2) is 5.82 Å². The highest BCUT2D eigenvalue weighted by atomic mass is 15.0. The Morgan fingerprint density at radius 2 is 0.706 bits per heavy atom. The van der Waals surface area contributed by atoms with Crippen molar-refractivity contribution in [2.24, 2.45) is 0 Å². The predicted octanol–water partition coefficient (Wildman–Crippen LogP) is 16.7. The number of hydrogen-bond acceptors (Lipinski definition) is 2. The number of rotatable bonds is 8. The Hall–Kier alpha value is -9.12. The summed E-state index contributed by atoms with van der Waals surface area (Å²) in [5.74, 6) is 0.684. The summed E-state index contributed by atoms with van der Waals surface area (Å²) in [6, 6.07) is 91.3. The fourth-order valence-corrected chi connectivity index (χ4v) is 10.3. The van der Waals surface area contributed by atoms with Gasteiger partial charge in [0.05, 0.1) is 39.1 Å². The molecule has 10 aromatic carbocycles. The normalized spacial score (nSPS) is 11.5. The molecule has 0 saturated carbocycles. The van der Waals surface area contributed by atoms with E-state index in [4.69, 9.17) is 9.97 Å². The van der Waals surface area contributed by atoms with Crippen molar-refractivity contribution < 1.29 is 0 Å². The second-order valence-corrected chi connectivity index (χ2v) is 17.3. The third-order valence-electron chi connectivity index (χ3n) is 13.3. The first-order valence-electron chi connectivity index (χ1n) is 23.2. The lowest BCUT2D eigenvalue weighted by Gasteiger charge is -2.21. The number of para-hydroxylation sites is 2. The van der Waals surface area contributed by atoms with Crippen molar-refractivity contribution in [2.45, 2.75) is 0 Å². The van der Waals surface area contributed by atoms with E-state index in [0.717, 1.165) is 72.7 Å². The van der Waals surface area contributed by atoms with Crippen molar-refractivity contribution in [3.63, 3.8) is 0 Å². The SMILES string of the molecule is c1ccc(-c2cc(-c3cc(-c4ccccc4)c(-n4c5ccc(-n6c7ccccc7c7ccccc76)cc5c5c(-c6ccccc6)cccc54)c(-c4ccccc4)c3)nc(-c3ccccc3)n2)cc1. The Balaban J connectivity index is 1.15. The first kappa shape index (κ1) is 39.3. The summed E-state index contributed by atoms with van der Waals surface area (Å²) >= 11 is 0. The van der Waals surface area contributed by atoms with Gasteiger partial charge in [0, 0.05) is 55.0 Å². The van der Waals surface area contributed by atoms with Crippen molar-refractivity contribution in [1.82, 2.24) is 19.1 Å². The molecule has 0 amide bonds. The zero-order chi connectivity index (χ0) is 45.0. The zero-order valence-electron chi connectivity index (χ0n) is 37.0. The molecule has 13 rings (SSSR count). The van der Waals surface area contributed by atoms with Crippen molar-refractivity contribution in [1.29, 1.82) is 0 Å². The summed E-state index contributed by atoms with van der Waals surface area (Å²) in [6.45, 7) is 0. The molecule has 3 aromatic heterocycles. The Bertz CT molecular complexity index is 3820. The molecule has 4 nitrogen and oxygen atoms in total. The molecule has 68 heavy (non-hydrogen) atoms. The minimum Gasteiger partial charge on any atom is -0.309 e. The van der Waals surface area contributed by atoms with E-state index in [0.29, 0.717) is 5.82 Å². The number of aromatic nitrogens is 4. The first-order chi connectivity index (χ1) is 33.7. The predicted molar refractivity (Wildman–Crippen MR) is 283 cm³/mol. The molecule has 318 valence electrons. The van der Waals surface area contributed by atoms with Crippen LogP contribution in [0, 0.1) is 0 Å². The van der Waals surface area contributed by atoms with Gasteiger partial charge in [-0.2, -0.15) is 0 Å². The molecule has 0 bridgehead atoms. The van der Waals surface area contributed by atoms with Crippen molar-refractivity contribution in [3.8, 4) is 78.7 Å². The molecule has 0 N–H and O–H groups in total. The van der Waals surface area contributed by atoms with E-state index < -0.39 is 0 Å². The van der Waals surface area contributed by atoms with Gasteiger partial charge in [0.25, 0.3) is 0 Å². The molecule has 0 aliphatic heterocycles. The average molecular weight is 867 g/mol. The molecule has 0 unspecified atom stereocenters. The van der Waals surface area contributed by atoms with Crippen molar-refractivity contribution in [3.05, 3.63) is 255 Å². The lowest BCUT2D eigenvalue weighted by atomic mass is 9.91. The number of fused-ring (bicyclic) bond motifs is 6. The number of hydrogen-bond donors (Lipinski definition) is 0. The van der Waals surface area contributed by atoms with Gasteiger partial charge in [-0.25, -0.2) is 9.97 Å². The fourth-order valence-electron chi connectivity index (χ4n) is 10.3. The van der Waals surface area contributed by atoms with Crippen molar-refractivity contribution >= 4 is 43.6 Å². The van der Waals surface area contributed by atoms with E-state index in [-0.39, 0.29) is 0 Å². The molecule has 0 spiro atoms. The van der Waals surface area contributed by atoms with Crippen LogP contribution in [0.4, 0.5) is 0 Å². The van der Waals surface area contributed by atoms with Crippen LogP contribution < -0.4 is 0 Å². The molecule has 0 aliphatic carbocycles. The second-order valence-electron chi connectivity index (χ2n) is 17.3. The highest BCUT2D eigenvalue weighted by molar-refractivity contribution is 6.18. The smallest absolute Gasteiger partial charge is 0.160 e. The Kier molecular flexibility index (Phi) is 9.47. The van der Waals surface area contributed by atoms with Crippen LogP contribution in [0.3, 0.4) is 0 Å². The highest BCUT2D eigenvalue weighted by Gasteiger charge is 2.25. The summed E-state index contributed by atoms with van der Waals surface area (Å²) in [5.41, 5.74) is 18.3. The van der Waals surface area contributed by atoms with Crippen molar-refractivity contribution in [2.75, 3.05) is 0 Å². The van der Waals surface area contributed by atoms with Crippen LogP contribution in [0.15, 0.2) is 255 Å². The molecule has 13 aromatic rings. The molecule has 0 aliphatic rings. The van der Waals surface area contributed by atoms with Crippen LogP contribution in [0.5, 0.6) is 0 Å². The van der Waals surface area contributed by atoms with E-state index in [2.05, 4.69) is 240 Å². The summed E-state index contributed by atoms with van der Waals surface area (Å²) in [5, 5.41) is 4.86. The van der Waals surface area contributed by atoms with Crippen LogP contribution in [-0.2, 0) is 0 Å². The number of benzene rings is 10. The summed E-state index contributed by atoms with van der Waals surface area (Å²) in [7, 11) is 0. The molecule has 0 fully saturated rings. The molecule has 0 radical (unpaired) electrons. The highest BCUT2D eigenvalue weighted by Crippen LogP contribution is 2.47. The molecule has 0 saturated heterocycles. The van der Waals surface area contributed by atoms with Gasteiger partial charge >= 0.3 is 0 Å². The van der Waals surface area contributed by atoms with E-state index in [1.165, 1.54) is 43.7 Å². The topological polar surface area (TPSA) is 35.6 Å². The standard InChI is InChI=1S/C64H42N4/c1-6-21-43(22-7-1)50-33-20-36-61-62(50)55-41-49(67-58-34-18-16-31-51(58)52-32-17-19-35-59(52)67)37-38-60(55)68(61)63-53(44-23-8-2-9-24-44)39-48(40-54(63)45-25-10-3-11-26-45)57-42-56(46-27-12-4-13-28-46)65-64(66-57)47-29-14-5-15-30-47/h1-42H. The molecular weight excluding hydrogens is 825 g/mol. The van der Waals surface area contributed by atoms with E-state index in [1.54, 1.807) is 0 Å². The maximum absolute atomic E-state index is 5.36. The van der Waals surface area contributed by atoms with E-state index in [9.17, 15) is 0 Å². The van der Waals surface area contributed by atoms with Gasteiger partial charge in [-0.15, -0.1) is 0 Å². The summed E-state index contributed by atoms with van der Waals surface area (Å²) in [4.78, 5) is 10.5. The van der Waals surface area contributed by atoms with Gasteiger partial charge < -0.3 is 9.13 Å². The van der Waals surface area contributed by atoms with E-state index >= 15 is 0 Å². The van der Waals surface area contributed by atoms with Gasteiger partial charge in [0.2, 0.25) is 0 Å². The van der Waals surface area contributed by atoms with Crippen LogP contribution in [-0.4, -0.2) is 19.1 Å². The maximum atomic E-state index is 5.36. The quantitative estimate of drug-likeness (QED) is 0.153. The third-order valence-corrected chi connectivity index (χ3v) is 13.3. The fraction of sp³-hybridized carbons (Fsp3) is 0. The molecular formula is C64H42N4. The van der Waals surface area contributed by atoms with Gasteiger partial charge in [0.1, 0.15) is 0 Å². The van der Waals surface area contributed by atoms with Gasteiger partial charge in [-0.1, -0.05) is 200 Å². The summed E-state index contributed by atoms with van der Waals surface area (Å²) in [6.07, 6.45) is 0. The second kappa shape index (κ2) is 16.4. The molecule has 3 heterocycles. The first-order valence-corrected chi connectivity index (χ1v) is 23.2. The van der Waals surface area contributed by atoms with Crippen LogP contribution in [0.25, 0.3) is 122 Å². The van der Waals surface area contributed by atoms with Gasteiger partial charge in [-0.05, 0) is 76.9 Å². The Morgan fingerprint density at radius 1 is 0.265 bits per heavy atom. The summed E-state index contributed by atoms with van der Waals surface area (Å²) < 4.78 is 4.94. The lowest BCUT2D eigenvalue weighted by molar-refractivity contribution is 1.16. The molecule has 0 atom stereocenters. The largest absolute Gasteiger partial charge is 0.309 e. The monoisotopic (exact) mass is 866 g/mol. The van der Waals surface area contributed by atoms with E-state index in [1.807, 2.05) is 24.3 Å². The number of nitrogens with zero attached hydrogens (tertiary/aromatic N) is 4. The Morgan fingerprint density at radius 3 is 1.26 bits per heavy atom. The zero-order valence-corrected chi connectivity index (χ0v) is 37.0. The maximum Gasteiger partial charge on any atom is 0.160 e. The minimum atomic E-state index is 0.684. The van der Waals surface area contributed by atoms with Gasteiger partial charge in [-0.3, -0.25) is 0 Å². The Labute approximate surface area is 394 Å². The molecule has 4 heteroatoms. The lowest BCUT2D eigenvalue weighted by Crippen LogP contribution is -2.03. The van der Waals surface area contributed by atoms with Crippen LogP contribution >= 0.6 is 0 Å².